The average molecular weight is 236 g/mol. The van der Waals surface area contributed by atoms with Crippen LogP contribution in [0.25, 0.3) is 0 Å². The molecule has 92 valence electrons. The molecule has 0 unspecified atom stereocenters. The van der Waals surface area contributed by atoms with Crippen LogP contribution in [-0.4, -0.2) is 44.2 Å². The molecule has 2 N–H and O–H groups in total. The van der Waals surface area contributed by atoms with Gasteiger partial charge in [-0.15, -0.1) is 0 Å². The molecule has 1 aromatic rings. The number of carbonyl (C=O) groups is 1. The van der Waals surface area contributed by atoms with Gasteiger partial charge in [0.05, 0.1) is 14.2 Å². The monoisotopic (exact) mass is 236 g/mol. The van der Waals surface area contributed by atoms with Crippen molar-refractivity contribution < 1.29 is 14.3 Å². The largest absolute Gasteiger partial charge is 0.496 e. The van der Waals surface area contributed by atoms with Crippen molar-refractivity contribution in [1.29, 1.82) is 0 Å². The van der Waals surface area contributed by atoms with Crippen molar-refractivity contribution in [3.8, 4) is 11.5 Å². The third-order valence-electron chi connectivity index (χ3n) is 2.84. The van der Waals surface area contributed by atoms with E-state index in [1.165, 1.54) is 14.2 Å². The first-order valence-electron chi connectivity index (χ1n) is 5.43. The van der Waals surface area contributed by atoms with E-state index in [-0.39, 0.29) is 11.9 Å². The molecule has 5 nitrogen and oxygen atoms in total. The van der Waals surface area contributed by atoms with Gasteiger partial charge in [0.25, 0.3) is 5.91 Å². The molecule has 0 radical (unpaired) electrons. The van der Waals surface area contributed by atoms with Gasteiger partial charge in [-0.2, -0.15) is 0 Å². The number of carbonyl (C=O) groups excluding carboxylic acids is 1. The first-order chi connectivity index (χ1) is 8.17. The number of hydrogen-bond donors (Lipinski definition) is 1. The van der Waals surface area contributed by atoms with Crippen LogP contribution in [0.1, 0.15) is 10.4 Å². The van der Waals surface area contributed by atoms with Crippen LogP contribution in [0.15, 0.2) is 18.2 Å². The second-order valence-electron chi connectivity index (χ2n) is 4.01. The Morgan fingerprint density at radius 3 is 2.24 bits per heavy atom. The minimum absolute atomic E-state index is 0.0830. The molecule has 0 saturated carbocycles. The van der Waals surface area contributed by atoms with Gasteiger partial charge in [0.2, 0.25) is 0 Å². The highest BCUT2D eigenvalue weighted by Crippen LogP contribution is 2.30. The van der Waals surface area contributed by atoms with E-state index < -0.39 is 0 Å². The summed E-state index contributed by atoms with van der Waals surface area (Å²) >= 11 is 0. The predicted octanol–water partition coefficient (Wildman–Crippen LogP) is 0.487. The standard InChI is InChI=1S/C12H16N2O3/c1-16-9-4-3-5-10(17-2)11(9)12(15)14-6-8(13)7-14/h3-5,8H,6-7,13H2,1-2H3. The van der Waals surface area contributed by atoms with Gasteiger partial charge in [0.1, 0.15) is 17.1 Å². The molecule has 0 atom stereocenters. The Hall–Kier alpha value is -1.75. The second-order valence-corrected chi connectivity index (χ2v) is 4.01. The Balaban J connectivity index is 2.32. The summed E-state index contributed by atoms with van der Waals surface area (Å²) in [6.45, 7) is 1.17. The smallest absolute Gasteiger partial charge is 0.261 e. The van der Waals surface area contributed by atoms with E-state index in [2.05, 4.69) is 0 Å². The van der Waals surface area contributed by atoms with Crippen LogP contribution in [-0.2, 0) is 0 Å². The van der Waals surface area contributed by atoms with E-state index in [4.69, 9.17) is 15.2 Å². The lowest BCUT2D eigenvalue weighted by molar-refractivity contribution is 0.0601. The highest BCUT2D eigenvalue weighted by atomic mass is 16.5. The van der Waals surface area contributed by atoms with Crippen LogP contribution < -0.4 is 15.2 Å². The quantitative estimate of drug-likeness (QED) is 0.829. The molecule has 1 heterocycles. The maximum atomic E-state index is 12.2. The van der Waals surface area contributed by atoms with Gasteiger partial charge in [-0.1, -0.05) is 6.07 Å². The summed E-state index contributed by atoms with van der Waals surface area (Å²) in [6.07, 6.45) is 0. The van der Waals surface area contributed by atoms with Crippen LogP contribution in [0.5, 0.6) is 11.5 Å². The topological polar surface area (TPSA) is 64.8 Å². The highest BCUT2D eigenvalue weighted by molar-refractivity contribution is 6.00. The van der Waals surface area contributed by atoms with E-state index in [9.17, 15) is 4.79 Å². The molecule has 5 heteroatoms. The normalized spacial score (nSPS) is 15.4. The summed E-state index contributed by atoms with van der Waals surface area (Å²) in [6, 6.07) is 5.36. The fraction of sp³-hybridized carbons (Fsp3) is 0.417. The third-order valence-corrected chi connectivity index (χ3v) is 2.84. The lowest BCUT2D eigenvalue weighted by Crippen LogP contribution is -2.57. The third kappa shape index (κ3) is 2.06. The predicted molar refractivity (Wildman–Crippen MR) is 63.4 cm³/mol. The summed E-state index contributed by atoms with van der Waals surface area (Å²) in [5.41, 5.74) is 6.13. The van der Waals surface area contributed by atoms with Crippen LogP contribution in [0.3, 0.4) is 0 Å². The fourth-order valence-corrected chi connectivity index (χ4v) is 1.90. The number of hydrogen-bond acceptors (Lipinski definition) is 4. The maximum absolute atomic E-state index is 12.2. The second kappa shape index (κ2) is 4.63. The molecule has 1 saturated heterocycles. The van der Waals surface area contributed by atoms with Crippen LogP contribution in [0, 0.1) is 0 Å². The number of ether oxygens (including phenoxy) is 2. The number of nitrogens with two attached hydrogens (primary N) is 1. The molecule has 1 amide bonds. The summed E-state index contributed by atoms with van der Waals surface area (Å²) < 4.78 is 10.4. The van der Waals surface area contributed by atoms with E-state index in [0.717, 1.165) is 0 Å². The zero-order valence-electron chi connectivity index (χ0n) is 9.97. The average Bonchev–Trinajstić information content (AvgIpc) is 2.33. The molecular weight excluding hydrogens is 220 g/mol. The summed E-state index contributed by atoms with van der Waals surface area (Å²) in [5.74, 6) is 0.950. The molecule has 1 aromatic carbocycles. The highest BCUT2D eigenvalue weighted by Gasteiger charge is 2.31. The Bertz CT molecular complexity index is 406. The van der Waals surface area contributed by atoms with Gasteiger partial charge >= 0.3 is 0 Å². The van der Waals surface area contributed by atoms with Gasteiger partial charge in [-0.3, -0.25) is 4.79 Å². The summed E-state index contributed by atoms with van der Waals surface area (Å²) in [7, 11) is 3.07. The van der Waals surface area contributed by atoms with Gasteiger partial charge in [0.15, 0.2) is 0 Å². The molecule has 1 aliphatic heterocycles. The lowest BCUT2D eigenvalue weighted by atomic mass is 10.1. The lowest BCUT2D eigenvalue weighted by Gasteiger charge is -2.37. The summed E-state index contributed by atoms with van der Waals surface area (Å²) in [5, 5.41) is 0. The Morgan fingerprint density at radius 1 is 1.29 bits per heavy atom. The van der Waals surface area contributed by atoms with Crippen molar-refractivity contribution in [3.05, 3.63) is 23.8 Å². The van der Waals surface area contributed by atoms with Crippen LogP contribution in [0.2, 0.25) is 0 Å². The van der Waals surface area contributed by atoms with Gasteiger partial charge in [-0.05, 0) is 12.1 Å². The van der Waals surface area contributed by atoms with Gasteiger partial charge < -0.3 is 20.1 Å². The molecule has 0 aromatic heterocycles. The van der Waals surface area contributed by atoms with E-state index in [0.29, 0.717) is 30.2 Å². The van der Waals surface area contributed by atoms with Crippen molar-refractivity contribution in [2.24, 2.45) is 5.73 Å². The molecule has 1 aliphatic rings. The van der Waals surface area contributed by atoms with Crippen LogP contribution in [0.4, 0.5) is 0 Å². The minimum Gasteiger partial charge on any atom is -0.496 e. The zero-order valence-corrected chi connectivity index (χ0v) is 9.97. The number of benzene rings is 1. The van der Waals surface area contributed by atoms with Crippen molar-refractivity contribution >= 4 is 5.91 Å². The fourth-order valence-electron chi connectivity index (χ4n) is 1.90. The van der Waals surface area contributed by atoms with E-state index >= 15 is 0 Å². The SMILES string of the molecule is COc1cccc(OC)c1C(=O)N1CC(N)C1. The van der Waals surface area contributed by atoms with Crippen molar-refractivity contribution in [3.63, 3.8) is 0 Å². The molecule has 0 aliphatic carbocycles. The van der Waals surface area contributed by atoms with Crippen molar-refractivity contribution in [1.82, 2.24) is 4.90 Å². The van der Waals surface area contributed by atoms with Crippen molar-refractivity contribution in [2.75, 3.05) is 27.3 Å². The Labute approximate surface area is 100 Å². The van der Waals surface area contributed by atoms with Gasteiger partial charge in [-0.25, -0.2) is 0 Å². The minimum atomic E-state index is -0.0963. The number of rotatable bonds is 3. The first kappa shape index (κ1) is 11.7. The van der Waals surface area contributed by atoms with E-state index in [1.807, 2.05) is 0 Å². The summed E-state index contributed by atoms with van der Waals surface area (Å²) in [4.78, 5) is 13.9. The number of amides is 1. The molecule has 1 fully saturated rings. The molecule has 0 bridgehead atoms. The zero-order chi connectivity index (χ0) is 12.4. The van der Waals surface area contributed by atoms with Crippen molar-refractivity contribution in [2.45, 2.75) is 6.04 Å². The van der Waals surface area contributed by atoms with Gasteiger partial charge in [0, 0.05) is 19.1 Å². The number of methoxy groups -OCH3 is 2. The molecular formula is C12H16N2O3. The van der Waals surface area contributed by atoms with E-state index in [1.54, 1.807) is 23.1 Å². The first-order valence-corrected chi connectivity index (χ1v) is 5.43. The Kier molecular flexibility index (Phi) is 3.19. The maximum Gasteiger partial charge on any atom is 0.261 e. The molecule has 17 heavy (non-hydrogen) atoms. The molecule has 0 spiro atoms. The van der Waals surface area contributed by atoms with Crippen LogP contribution >= 0.6 is 0 Å². The Morgan fingerprint density at radius 2 is 1.82 bits per heavy atom. The number of nitrogens with zero attached hydrogens (tertiary/aromatic N) is 1. The molecule has 2 rings (SSSR count). The number of likely N-dealkylation sites (tertiary alicyclic amines) is 1.